The third-order valence-corrected chi connectivity index (χ3v) is 2.71. The van der Waals surface area contributed by atoms with Crippen molar-refractivity contribution in [2.75, 3.05) is 11.9 Å². The molecule has 0 radical (unpaired) electrons. The highest BCUT2D eigenvalue weighted by Crippen LogP contribution is 2.27. The third-order valence-electron chi connectivity index (χ3n) is 1.91. The maximum atomic E-state index is 13.2. The molecular formula is C11H13Cl2FN2S. The molecule has 0 saturated carbocycles. The maximum Gasteiger partial charge on any atom is 0.170 e. The average molecular weight is 295 g/mol. The van der Waals surface area contributed by atoms with Gasteiger partial charge in [0, 0.05) is 12.2 Å². The molecular weight excluding hydrogens is 282 g/mol. The summed E-state index contributed by atoms with van der Waals surface area (Å²) in [5.74, 6) is -0.143. The predicted octanol–water partition coefficient (Wildman–Crippen LogP) is 4.07. The molecule has 0 amide bonds. The van der Waals surface area contributed by atoms with Gasteiger partial charge in [0.1, 0.15) is 0 Å². The number of thiocarbonyl (C=S) groups is 1. The lowest BCUT2D eigenvalue weighted by Crippen LogP contribution is -2.31. The summed E-state index contributed by atoms with van der Waals surface area (Å²) in [7, 11) is 0. The topological polar surface area (TPSA) is 24.1 Å². The summed E-state index contributed by atoms with van der Waals surface area (Å²) in [6.45, 7) is 4.90. The molecule has 0 aliphatic carbocycles. The highest BCUT2D eigenvalue weighted by atomic mass is 35.5. The summed E-state index contributed by atoms with van der Waals surface area (Å²) in [6.07, 6.45) is 0. The first kappa shape index (κ1) is 14.5. The smallest absolute Gasteiger partial charge is 0.170 e. The normalized spacial score (nSPS) is 10.5. The fourth-order valence-electron chi connectivity index (χ4n) is 1.10. The number of nitrogens with one attached hydrogen (secondary N) is 2. The minimum Gasteiger partial charge on any atom is -0.362 e. The fourth-order valence-corrected chi connectivity index (χ4v) is 1.79. The quantitative estimate of drug-likeness (QED) is 0.649. The van der Waals surface area contributed by atoms with E-state index in [-0.39, 0.29) is 10.0 Å². The van der Waals surface area contributed by atoms with Crippen molar-refractivity contribution in [1.82, 2.24) is 5.32 Å². The van der Waals surface area contributed by atoms with E-state index in [0.717, 1.165) is 6.54 Å². The lowest BCUT2D eigenvalue weighted by molar-refractivity contribution is 0.627. The molecule has 1 aromatic carbocycles. The van der Waals surface area contributed by atoms with Crippen molar-refractivity contribution in [3.8, 4) is 0 Å². The number of benzene rings is 1. The standard InChI is InChI=1S/C11H13Cl2FN2S/c1-6(2)5-15-11(17)16-7-3-8(12)10(14)9(13)4-7/h3-4,6H,5H2,1-2H3,(H2,15,16,17). The van der Waals surface area contributed by atoms with E-state index in [0.29, 0.717) is 16.7 Å². The molecule has 0 unspecified atom stereocenters. The van der Waals surface area contributed by atoms with Crippen LogP contribution in [0, 0.1) is 11.7 Å². The van der Waals surface area contributed by atoms with E-state index in [1.807, 2.05) is 0 Å². The minimum absolute atomic E-state index is 0.0355. The van der Waals surface area contributed by atoms with E-state index in [1.165, 1.54) is 12.1 Å². The molecule has 0 heterocycles. The van der Waals surface area contributed by atoms with Crippen LogP contribution >= 0.6 is 35.4 Å². The van der Waals surface area contributed by atoms with Gasteiger partial charge in [-0.2, -0.15) is 0 Å². The molecule has 0 spiro atoms. The Morgan fingerprint density at radius 2 is 1.88 bits per heavy atom. The molecule has 0 aromatic heterocycles. The molecule has 0 bridgehead atoms. The fraction of sp³-hybridized carbons (Fsp3) is 0.364. The molecule has 1 rings (SSSR count). The molecule has 1 aromatic rings. The molecule has 0 saturated heterocycles. The Balaban J connectivity index is 2.66. The molecule has 0 aliphatic heterocycles. The van der Waals surface area contributed by atoms with Gasteiger partial charge in [-0.05, 0) is 30.3 Å². The van der Waals surface area contributed by atoms with Crippen LogP contribution in [-0.2, 0) is 0 Å². The molecule has 0 atom stereocenters. The van der Waals surface area contributed by atoms with Gasteiger partial charge in [0.05, 0.1) is 10.0 Å². The maximum absolute atomic E-state index is 13.2. The summed E-state index contributed by atoms with van der Waals surface area (Å²) >= 11 is 16.4. The monoisotopic (exact) mass is 294 g/mol. The van der Waals surface area contributed by atoms with Crippen LogP contribution in [0.2, 0.25) is 10.0 Å². The van der Waals surface area contributed by atoms with Crippen LogP contribution in [0.1, 0.15) is 13.8 Å². The van der Waals surface area contributed by atoms with Crippen molar-refractivity contribution in [3.05, 3.63) is 28.0 Å². The first-order valence-corrected chi connectivity index (χ1v) is 6.26. The van der Waals surface area contributed by atoms with Gasteiger partial charge in [0.2, 0.25) is 0 Å². The number of anilines is 1. The third kappa shape index (κ3) is 4.66. The molecule has 0 fully saturated rings. The van der Waals surface area contributed by atoms with Crippen LogP contribution in [0.3, 0.4) is 0 Å². The van der Waals surface area contributed by atoms with Crippen molar-refractivity contribution in [3.63, 3.8) is 0 Å². The van der Waals surface area contributed by atoms with Crippen molar-refractivity contribution in [1.29, 1.82) is 0 Å². The SMILES string of the molecule is CC(C)CNC(=S)Nc1cc(Cl)c(F)c(Cl)c1. The van der Waals surface area contributed by atoms with E-state index in [2.05, 4.69) is 24.5 Å². The van der Waals surface area contributed by atoms with Gasteiger partial charge in [-0.25, -0.2) is 4.39 Å². The first-order chi connectivity index (χ1) is 7.90. The van der Waals surface area contributed by atoms with Gasteiger partial charge < -0.3 is 10.6 Å². The minimum atomic E-state index is -0.625. The van der Waals surface area contributed by atoms with Crippen LogP contribution in [0.4, 0.5) is 10.1 Å². The first-order valence-electron chi connectivity index (χ1n) is 5.09. The van der Waals surface area contributed by atoms with Gasteiger partial charge in [-0.3, -0.25) is 0 Å². The van der Waals surface area contributed by atoms with Crippen molar-refractivity contribution >= 4 is 46.2 Å². The molecule has 17 heavy (non-hydrogen) atoms. The summed E-state index contributed by atoms with van der Waals surface area (Å²) in [6, 6.07) is 2.87. The number of rotatable bonds is 3. The number of hydrogen-bond donors (Lipinski definition) is 2. The van der Waals surface area contributed by atoms with Crippen LogP contribution in [0.25, 0.3) is 0 Å². The van der Waals surface area contributed by atoms with Crippen molar-refractivity contribution < 1.29 is 4.39 Å². The molecule has 2 N–H and O–H groups in total. The van der Waals surface area contributed by atoms with E-state index >= 15 is 0 Å². The second-order valence-electron chi connectivity index (χ2n) is 3.98. The molecule has 0 aliphatic rings. The summed E-state index contributed by atoms with van der Waals surface area (Å²) in [4.78, 5) is 0. The lowest BCUT2D eigenvalue weighted by Gasteiger charge is -2.12. The molecule has 94 valence electrons. The second kappa shape index (κ2) is 6.38. The molecule has 2 nitrogen and oxygen atoms in total. The van der Waals surface area contributed by atoms with Crippen LogP contribution in [0.5, 0.6) is 0 Å². The summed E-state index contributed by atoms with van der Waals surface area (Å²) in [5.41, 5.74) is 0.558. The second-order valence-corrected chi connectivity index (χ2v) is 5.21. The van der Waals surface area contributed by atoms with Gasteiger partial charge in [-0.1, -0.05) is 37.0 Å². The Kier molecular flexibility index (Phi) is 5.43. The van der Waals surface area contributed by atoms with Gasteiger partial charge in [0.25, 0.3) is 0 Å². The summed E-state index contributed by atoms with van der Waals surface area (Å²) < 4.78 is 13.2. The number of hydrogen-bond acceptors (Lipinski definition) is 1. The van der Waals surface area contributed by atoms with E-state index in [1.54, 1.807) is 0 Å². The molecule has 6 heteroatoms. The van der Waals surface area contributed by atoms with E-state index in [9.17, 15) is 4.39 Å². The Morgan fingerprint density at radius 1 is 1.35 bits per heavy atom. The zero-order chi connectivity index (χ0) is 13.0. The van der Waals surface area contributed by atoms with Crippen LogP contribution in [0.15, 0.2) is 12.1 Å². The predicted molar refractivity (Wildman–Crippen MR) is 75.5 cm³/mol. The Bertz CT molecular complexity index is 401. The van der Waals surface area contributed by atoms with Gasteiger partial charge in [0.15, 0.2) is 10.9 Å². The lowest BCUT2D eigenvalue weighted by atomic mass is 10.2. The van der Waals surface area contributed by atoms with Crippen LogP contribution in [-0.4, -0.2) is 11.7 Å². The van der Waals surface area contributed by atoms with E-state index < -0.39 is 5.82 Å². The highest BCUT2D eigenvalue weighted by molar-refractivity contribution is 7.80. The van der Waals surface area contributed by atoms with Gasteiger partial charge >= 0.3 is 0 Å². The highest BCUT2D eigenvalue weighted by Gasteiger charge is 2.08. The Labute approximate surface area is 115 Å². The van der Waals surface area contributed by atoms with Gasteiger partial charge in [-0.15, -0.1) is 0 Å². The Hall–Kier alpha value is -0.580. The Morgan fingerprint density at radius 3 is 2.35 bits per heavy atom. The van der Waals surface area contributed by atoms with Crippen LogP contribution < -0.4 is 10.6 Å². The zero-order valence-corrected chi connectivity index (χ0v) is 11.8. The number of halogens is 3. The van der Waals surface area contributed by atoms with Crippen molar-refractivity contribution in [2.45, 2.75) is 13.8 Å². The zero-order valence-electron chi connectivity index (χ0n) is 9.48. The van der Waals surface area contributed by atoms with E-state index in [4.69, 9.17) is 35.4 Å². The van der Waals surface area contributed by atoms with Crippen molar-refractivity contribution in [2.24, 2.45) is 5.92 Å². The largest absolute Gasteiger partial charge is 0.362 e. The average Bonchev–Trinajstić information content (AvgIpc) is 2.23. The summed E-state index contributed by atoms with van der Waals surface area (Å²) in [5, 5.41) is 6.30.